The van der Waals surface area contributed by atoms with Gasteiger partial charge in [-0.2, -0.15) is 5.26 Å². The Kier molecular flexibility index (Phi) is 3.53. The largest absolute Gasteiger partial charge is 0.341 e. The molecule has 0 unspecified atom stereocenters. The SMILES string of the molecule is CNC(=O)N1CCN(CC#N)CC1. The molecule has 5 heteroatoms. The third kappa shape index (κ3) is 2.60. The molecule has 72 valence electrons. The normalized spacial score (nSPS) is 18.0. The number of nitrogens with zero attached hydrogens (tertiary/aromatic N) is 3. The summed E-state index contributed by atoms with van der Waals surface area (Å²) in [5.74, 6) is 0. The van der Waals surface area contributed by atoms with Crippen LogP contribution in [-0.4, -0.2) is 55.6 Å². The van der Waals surface area contributed by atoms with Crippen LogP contribution in [0, 0.1) is 11.3 Å². The van der Waals surface area contributed by atoms with E-state index in [1.807, 2.05) is 4.90 Å². The monoisotopic (exact) mass is 182 g/mol. The van der Waals surface area contributed by atoms with Gasteiger partial charge in [-0.3, -0.25) is 4.90 Å². The lowest BCUT2D eigenvalue weighted by molar-refractivity contribution is 0.149. The molecule has 1 heterocycles. The standard InChI is InChI=1S/C8H14N4O/c1-10-8(13)12-6-4-11(3-2-9)5-7-12/h3-7H2,1H3,(H,10,13). The zero-order valence-electron chi connectivity index (χ0n) is 7.79. The van der Waals surface area contributed by atoms with Crippen LogP contribution in [0.2, 0.25) is 0 Å². The molecule has 0 aliphatic carbocycles. The molecule has 1 rings (SSSR count). The predicted molar refractivity (Wildman–Crippen MR) is 48.1 cm³/mol. The third-order valence-corrected chi connectivity index (χ3v) is 2.17. The third-order valence-electron chi connectivity index (χ3n) is 2.17. The lowest BCUT2D eigenvalue weighted by Gasteiger charge is -2.32. The van der Waals surface area contributed by atoms with Crippen molar-refractivity contribution < 1.29 is 4.79 Å². The lowest BCUT2D eigenvalue weighted by atomic mass is 10.3. The zero-order chi connectivity index (χ0) is 9.68. The number of urea groups is 1. The van der Waals surface area contributed by atoms with E-state index in [9.17, 15) is 4.79 Å². The van der Waals surface area contributed by atoms with Crippen molar-refractivity contribution >= 4 is 6.03 Å². The van der Waals surface area contributed by atoms with Gasteiger partial charge in [-0.1, -0.05) is 0 Å². The van der Waals surface area contributed by atoms with Gasteiger partial charge in [0.1, 0.15) is 0 Å². The summed E-state index contributed by atoms with van der Waals surface area (Å²) in [5, 5.41) is 11.0. The molecule has 0 atom stereocenters. The second-order valence-electron chi connectivity index (χ2n) is 2.98. The molecule has 0 bridgehead atoms. The maximum Gasteiger partial charge on any atom is 0.317 e. The second kappa shape index (κ2) is 4.67. The maximum absolute atomic E-state index is 11.2. The Hall–Kier alpha value is -1.28. The second-order valence-corrected chi connectivity index (χ2v) is 2.98. The molecule has 1 N–H and O–H groups in total. The highest BCUT2D eigenvalue weighted by molar-refractivity contribution is 5.73. The molecule has 0 aromatic rings. The van der Waals surface area contributed by atoms with Crippen molar-refractivity contribution in [2.75, 3.05) is 39.8 Å². The molecule has 0 spiro atoms. The van der Waals surface area contributed by atoms with Gasteiger partial charge in [0.15, 0.2) is 0 Å². The number of hydrogen-bond acceptors (Lipinski definition) is 3. The summed E-state index contributed by atoms with van der Waals surface area (Å²) < 4.78 is 0. The van der Waals surface area contributed by atoms with Crippen molar-refractivity contribution in [3.05, 3.63) is 0 Å². The molecule has 0 radical (unpaired) electrons. The summed E-state index contributed by atoms with van der Waals surface area (Å²) >= 11 is 0. The number of carbonyl (C=O) groups excluding carboxylic acids is 1. The van der Waals surface area contributed by atoms with E-state index in [4.69, 9.17) is 5.26 Å². The Labute approximate surface area is 77.9 Å². The quantitative estimate of drug-likeness (QED) is 0.554. The summed E-state index contributed by atoms with van der Waals surface area (Å²) in [6.45, 7) is 3.46. The molecule has 0 aromatic carbocycles. The van der Waals surface area contributed by atoms with Gasteiger partial charge >= 0.3 is 6.03 Å². The van der Waals surface area contributed by atoms with Gasteiger partial charge < -0.3 is 10.2 Å². The van der Waals surface area contributed by atoms with Gasteiger partial charge in [-0.15, -0.1) is 0 Å². The van der Waals surface area contributed by atoms with E-state index in [2.05, 4.69) is 11.4 Å². The number of rotatable bonds is 1. The zero-order valence-corrected chi connectivity index (χ0v) is 7.79. The number of amides is 2. The molecular formula is C8H14N4O. The maximum atomic E-state index is 11.2. The molecule has 13 heavy (non-hydrogen) atoms. The number of carbonyl (C=O) groups is 1. The Balaban J connectivity index is 2.31. The van der Waals surface area contributed by atoms with Crippen LogP contribution in [0.25, 0.3) is 0 Å². The molecular weight excluding hydrogens is 168 g/mol. The van der Waals surface area contributed by atoms with Crippen molar-refractivity contribution in [3.63, 3.8) is 0 Å². The number of piperazine rings is 1. The summed E-state index contributed by atoms with van der Waals surface area (Å²) in [6, 6.07) is 2.07. The molecule has 0 saturated carbocycles. The Morgan fingerprint density at radius 3 is 2.54 bits per heavy atom. The molecule has 1 aliphatic heterocycles. The highest BCUT2D eigenvalue weighted by Gasteiger charge is 2.19. The Morgan fingerprint density at radius 1 is 1.46 bits per heavy atom. The van der Waals surface area contributed by atoms with E-state index in [1.165, 1.54) is 0 Å². The Bertz CT molecular complexity index is 215. The summed E-state index contributed by atoms with van der Waals surface area (Å²) in [5.41, 5.74) is 0. The van der Waals surface area contributed by atoms with Crippen LogP contribution in [0.1, 0.15) is 0 Å². The fourth-order valence-corrected chi connectivity index (χ4v) is 1.37. The van der Waals surface area contributed by atoms with Gasteiger partial charge in [0.2, 0.25) is 0 Å². The molecule has 2 amide bonds. The van der Waals surface area contributed by atoms with Crippen molar-refractivity contribution in [2.45, 2.75) is 0 Å². The first kappa shape index (κ1) is 9.81. The van der Waals surface area contributed by atoms with Crippen molar-refractivity contribution in [1.29, 1.82) is 5.26 Å². The van der Waals surface area contributed by atoms with Crippen molar-refractivity contribution in [3.8, 4) is 6.07 Å². The topological polar surface area (TPSA) is 59.4 Å². The average molecular weight is 182 g/mol. The minimum Gasteiger partial charge on any atom is -0.341 e. The van der Waals surface area contributed by atoms with Crippen LogP contribution in [-0.2, 0) is 0 Å². The van der Waals surface area contributed by atoms with E-state index >= 15 is 0 Å². The predicted octanol–water partition coefficient (Wildman–Crippen LogP) is -0.533. The van der Waals surface area contributed by atoms with Crippen LogP contribution in [0.5, 0.6) is 0 Å². The summed E-state index contributed by atoms with van der Waals surface area (Å²) in [6.07, 6.45) is 0. The van der Waals surface area contributed by atoms with E-state index < -0.39 is 0 Å². The van der Waals surface area contributed by atoms with E-state index in [0.717, 1.165) is 13.1 Å². The van der Waals surface area contributed by atoms with E-state index in [0.29, 0.717) is 19.6 Å². The lowest BCUT2D eigenvalue weighted by Crippen LogP contribution is -2.51. The van der Waals surface area contributed by atoms with E-state index in [1.54, 1.807) is 11.9 Å². The highest BCUT2D eigenvalue weighted by Crippen LogP contribution is 2.00. The molecule has 1 aliphatic rings. The fraction of sp³-hybridized carbons (Fsp3) is 0.750. The van der Waals surface area contributed by atoms with Crippen LogP contribution in [0.4, 0.5) is 4.79 Å². The van der Waals surface area contributed by atoms with Crippen LogP contribution in [0.3, 0.4) is 0 Å². The molecule has 5 nitrogen and oxygen atoms in total. The van der Waals surface area contributed by atoms with Crippen LogP contribution >= 0.6 is 0 Å². The minimum atomic E-state index is -0.0309. The van der Waals surface area contributed by atoms with Crippen molar-refractivity contribution in [2.24, 2.45) is 0 Å². The molecule has 0 aromatic heterocycles. The fourth-order valence-electron chi connectivity index (χ4n) is 1.37. The van der Waals surface area contributed by atoms with Gasteiger partial charge in [0.05, 0.1) is 12.6 Å². The molecule has 1 fully saturated rings. The average Bonchev–Trinajstić information content (AvgIpc) is 2.18. The highest BCUT2D eigenvalue weighted by atomic mass is 16.2. The number of nitriles is 1. The minimum absolute atomic E-state index is 0.0309. The Morgan fingerprint density at radius 2 is 2.08 bits per heavy atom. The number of hydrogen-bond donors (Lipinski definition) is 1. The first-order valence-corrected chi connectivity index (χ1v) is 4.34. The van der Waals surface area contributed by atoms with Gasteiger partial charge in [0.25, 0.3) is 0 Å². The van der Waals surface area contributed by atoms with Crippen LogP contribution in [0.15, 0.2) is 0 Å². The van der Waals surface area contributed by atoms with Crippen molar-refractivity contribution in [1.82, 2.24) is 15.1 Å². The summed E-state index contributed by atoms with van der Waals surface area (Å²) in [7, 11) is 1.63. The number of nitrogens with one attached hydrogen (secondary N) is 1. The van der Waals surface area contributed by atoms with Gasteiger partial charge in [-0.25, -0.2) is 4.79 Å². The smallest absolute Gasteiger partial charge is 0.317 e. The van der Waals surface area contributed by atoms with Gasteiger partial charge in [0, 0.05) is 33.2 Å². The first-order chi connectivity index (χ1) is 6.27. The summed E-state index contributed by atoms with van der Waals surface area (Å²) in [4.78, 5) is 15.0. The molecule has 1 saturated heterocycles. The van der Waals surface area contributed by atoms with Gasteiger partial charge in [-0.05, 0) is 0 Å². The van der Waals surface area contributed by atoms with E-state index in [-0.39, 0.29) is 6.03 Å². The first-order valence-electron chi connectivity index (χ1n) is 4.34. The van der Waals surface area contributed by atoms with Crippen LogP contribution < -0.4 is 5.32 Å².